The maximum Gasteiger partial charge on any atom is 0.255 e. The fourth-order valence-electron chi connectivity index (χ4n) is 3.66. The minimum absolute atomic E-state index is 0.0584. The van der Waals surface area contributed by atoms with E-state index in [1.165, 1.54) is 6.42 Å². The van der Waals surface area contributed by atoms with Gasteiger partial charge in [0.15, 0.2) is 0 Å². The quantitative estimate of drug-likeness (QED) is 0.817. The Balaban J connectivity index is 1.47. The van der Waals surface area contributed by atoms with Crippen molar-refractivity contribution >= 4 is 11.7 Å². The largest absolute Gasteiger partial charge is 0.346 e. The van der Waals surface area contributed by atoms with Crippen LogP contribution in [0.5, 0.6) is 0 Å². The molecule has 0 aromatic carbocycles. The molecule has 1 amide bonds. The second kappa shape index (κ2) is 6.91. The molecule has 1 fully saturated rings. The number of hydrogen-bond acceptors (Lipinski definition) is 5. The molecule has 0 aliphatic carbocycles. The number of aromatic nitrogens is 3. The van der Waals surface area contributed by atoms with Gasteiger partial charge < -0.3 is 9.80 Å². The summed E-state index contributed by atoms with van der Waals surface area (Å²) in [5, 5.41) is 0. The molecule has 0 N–H and O–H groups in total. The van der Waals surface area contributed by atoms with Crippen LogP contribution in [0.15, 0.2) is 24.5 Å². The van der Waals surface area contributed by atoms with Gasteiger partial charge in [0.2, 0.25) is 0 Å². The number of rotatable bonds is 2. The van der Waals surface area contributed by atoms with Crippen molar-refractivity contribution in [3.63, 3.8) is 0 Å². The molecule has 0 spiro atoms. The third kappa shape index (κ3) is 3.66. The third-order valence-electron chi connectivity index (χ3n) is 5.29. The summed E-state index contributed by atoms with van der Waals surface area (Å²) in [5.74, 6) is 1.85. The standard InChI is InChI=1S/C21H27N5O/c1-21(2,3)20-23-12-16-13-26(14-17(16)24-20)18-8-7-15(11-22-18)19(27)25-9-5-4-6-10-25/h7-8,11-12H,4-6,9-10,13-14H2,1-3H3. The molecule has 2 aliphatic rings. The first-order chi connectivity index (χ1) is 12.9. The number of likely N-dealkylation sites (tertiary alicyclic amines) is 1. The predicted molar refractivity (Wildman–Crippen MR) is 105 cm³/mol. The monoisotopic (exact) mass is 365 g/mol. The average molecular weight is 365 g/mol. The van der Waals surface area contributed by atoms with Crippen LogP contribution in [0, 0.1) is 0 Å². The lowest BCUT2D eigenvalue weighted by atomic mass is 9.95. The van der Waals surface area contributed by atoms with Crippen LogP contribution < -0.4 is 4.90 Å². The van der Waals surface area contributed by atoms with E-state index in [9.17, 15) is 4.79 Å². The van der Waals surface area contributed by atoms with Crippen LogP contribution in [0.25, 0.3) is 0 Å². The van der Waals surface area contributed by atoms with Crippen molar-refractivity contribution in [1.29, 1.82) is 0 Å². The molecule has 0 saturated carbocycles. The van der Waals surface area contributed by atoms with E-state index >= 15 is 0 Å². The first-order valence-corrected chi connectivity index (χ1v) is 9.77. The number of amides is 1. The van der Waals surface area contributed by atoms with E-state index in [1.807, 2.05) is 23.2 Å². The summed E-state index contributed by atoms with van der Waals surface area (Å²) in [6, 6.07) is 3.84. The van der Waals surface area contributed by atoms with Crippen LogP contribution in [0.1, 0.15) is 67.5 Å². The molecule has 0 atom stereocenters. The maximum atomic E-state index is 12.6. The Labute approximate surface area is 160 Å². The number of nitrogens with zero attached hydrogens (tertiary/aromatic N) is 5. The zero-order valence-electron chi connectivity index (χ0n) is 16.4. The molecule has 142 valence electrons. The van der Waals surface area contributed by atoms with E-state index in [0.717, 1.165) is 61.9 Å². The summed E-state index contributed by atoms with van der Waals surface area (Å²) >= 11 is 0. The Hall–Kier alpha value is -2.50. The fraction of sp³-hybridized carbons (Fsp3) is 0.524. The number of fused-ring (bicyclic) bond motifs is 1. The lowest BCUT2D eigenvalue weighted by Gasteiger charge is -2.26. The van der Waals surface area contributed by atoms with Crippen molar-refractivity contribution in [2.75, 3.05) is 18.0 Å². The smallest absolute Gasteiger partial charge is 0.255 e. The Bertz CT molecular complexity index is 835. The highest BCUT2D eigenvalue weighted by Gasteiger charge is 2.26. The fourth-order valence-corrected chi connectivity index (χ4v) is 3.66. The minimum atomic E-state index is -0.0584. The van der Waals surface area contributed by atoms with E-state index < -0.39 is 0 Å². The molecule has 1 saturated heterocycles. The molecule has 0 bridgehead atoms. The van der Waals surface area contributed by atoms with E-state index in [2.05, 4.69) is 35.6 Å². The average Bonchev–Trinajstić information content (AvgIpc) is 3.11. The van der Waals surface area contributed by atoms with Gasteiger partial charge in [-0.05, 0) is 31.4 Å². The van der Waals surface area contributed by atoms with Gasteiger partial charge in [-0.1, -0.05) is 20.8 Å². The van der Waals surface area contributed by atoms with Crippen molar-refractivity contribution < 1.29 is 4.79 Å². The Morgan fingerprint density at radius 3 is 2.44 bits per heavy atom. The summed E-state index contributed by atoms with van der Waals surface area (Å²) in [5.41, 5.74) is 2.84. The van der Waals surface area contributed by atoms with Gasteiger partial charge in [-0.25, -0.2) is 15.0 Å². The van der Waals surface area contributed by atoms with E-state index in [1.54, 1.807) is 6.20 Å². The molecular weight excluding hydrogens is 338 g/mol. The highest BCUT2D eigenvalue weighted by atomic mass is 16.2. The van der Waals surface area contributed by atoms with Gasteiger partial charge in [-0.15, -0.1) is 0 Å². The molecule has 6 heteroatoms. The summed E-state index contributed by atoms with van der Waals surface area (Å²) in [6.07, 6.45) is 7.07. The third-order valence-corrected chi connectivity index (χ3v) is 5.29. The van der Waals surface area contributed by atoms with Crippen molar-refractivity contribution in [1.82, 2.24) is 19.9 Å². The maximum absolute atomic E-state index is 12.6. The lowest BCUT2D eigenvalue weighted by Crippen LogP contribution is -2.35. The number of piperidine rings is 1. The van der Waals surface area contributed by atoms with E-state index in [-0.39, 0.29) is 11.3 Å². The number of anilines is 1. The summed E-state index contributed by atoms with van der Waals surface area (Å²) < 4.78 is 0. The molecule has 4 heterocycles. The number of pyridine rings is 1. The molecular formula is C21H27N5O. The van der Waals surface area contributed by atoms with Gasteiger partial charge in [0, 0.05) is 43.0 Å². The van der Waals surface area contributed by atoms with Crippen LogP contribution in [0.4, 0.5) is 5.82 Å². The van der Waals surface area contributed by atoms with Gasteiger partial charge in [0.25, 0.3) is 5.91 Å². The zero-order chi connectivity index (χ0) is 19.0. The summed E-state index contributed by atoms with van der Waals surface area (Å²) in [6.45, 7) is 9.58. The van der Waals surface area contributed by atoms with Crippen LogP contribution in [-0.4, -0.2) is 38.8 Å². The number of carbonyl (C=O) groups excluding carboxylic acids is 1. The van der Waals surface area contributed by atoms with Gasteiger partial charge in [0.1, 0.15) is 11.6 Å². The number of hydrogen-bond donors (Lipinski definition) is 0. The normalized spacial score (nSPS) is 17.1. The van der Waals surface area contributed by atoms with E-state index in [0.29, 0.717) is 5.56 Å². The molecule has 0 radical (unpaired) electrons. The molecule has 2 aromatic rings. The molecule has 4 rings (SSSR count). The molecule has 2 aromatic heterocycles. The first kappa shape index (κ1) is 17.9. The van der Waals surface area contributed by atoms with Crippen LogP contribution in [0.3, 0.4) is 0 Å². The van der Waals surface area contributed by atoms with Crippen LogP contribution in [-0.2, 0) is 18.5 Å². The van der Waals surface area contributed by atoms with Crippen molar-refractivity contribution in [3.8, 4) is 0 Å². The van der Waals surface area contributed by atoms with Crippen molar-refractivity contribution in [2.24, 2.45) is 0 Å². The molecule has 27 heavy (non-hydrogen) atoms. The Morgan fingerprint density at radius 1 is 1.00 bits per heavy atom. The first-order valence-electron chi connectivity index (χ1n) is 9.77. The topological polar surface area (TPSA) is 62.2 Å². The minimum Gasteiger partial charge on any atom is -0.346 e. The predicted octanol–water partition coefficient (Wildman–Crippen LogP) is 3.32. The molecule has 6 nitrogen and oxygen atoms in total. The van der Waals surface area contributed by atoms with Crippen molar-refractivity contribution in [2.45, 2.75) is 58.5 Å². The summed E-state index contributed by atoms with van der Waals surface area (Å²) in [7, 11) is 0. The SMILES string of the molecule is CC(C)(C)c1ncc2c(n1)CN(c1ccc(C(=O)N3CCCCC3)cn1)C2. The second-order valence-corrected chi connectivity index (χ2v) is 8.53. The van der Waals surface area contributed by atoms with Crippen molar-refractivity contribution in [3.05, 3.63) is 47.2 Å². The summed E-state index contributed by atoms with van der Waals surface area (Å²) in [4.78, 5) is 30.6. The van der Waals surface area contributed by atoms with Gasteiger partial charge in [0.05, 0.1) is 17.8 Å². The van der Waals surface area contributed by atoms with Gasteiger partial charge >= 0.3 is 0 Å². The van der Waals surface area contributed by atoms with Gasteiger partial charge in [-0.3, -0.25) is 4.79 Å². The zero-order valence-corrected chi connectivity index (χ0v) is 16.4. The second-order valence-electron chi connectivity index (χ2n) is 8.53. The van der Waals surface area contributed by atoms with E-state index in [4.69, 9.17) is 4.98 Å². The molecule has 2 aliphatic heterocycles. The highest BCUT2D eigenvalue weighted by molar-refractivity contribution is 5.94. The molecule has 0 unspecified atom stereocenters. The van der Waals surface area contributed by atoms with Crippen LogP contribution >= 0.6 is 0 Å². The Kier molecular flexibility index (Phi) is 4.58. The Morgan fingerprint density at radius 2 is 1.78 bits per heavy atom. The van der Waals surface area contributed by atoms with Crippen LogP contribution in [0.2, 0.25) is 0 Å². The number of carbonyl (C=O) groups is 1. The van der Waals surface area contributed by atoms with Gasteiger partial charge in [-0.2, -0.15) is 0 Å². The lowest BCUT2D eigenvalue weighted by molar-refractivity contribution is 0.0724. The highest BCUT2D eigenvalue weighted by Crippen LogP contribution is 2.28.